The Balaban J connectivity index is 0.00000133. The maximum Gasteiger partial charge on any atom is 0.272 e. The first-order valence-electron chi connectivity index (χ1n) is 6.50. The molecule has 2 N–H and O–H groups in total. The van der Waals surface area contributed by atoms with Gasteiger partial charge in [0, 0.05) is 25.7 Å². The van der Waals surface area contributed by atoms with Gasteiger partial charge in [0.25, 0.3) is 5.91 Å². The number of pyridine rings is 1. The van der Waals surface area contributed by atoms with Crippen LogP contribution in [0, 0.1) is 0 Å². The highest BCUT2D eigenvalue weighted by Crippen LogP contribution is 2.22. The van der Waals surface area contributed by atoms with Crippen LogP contribution in [0.25, 0.3) is 0 Å². The highest BCUT2D eigenvalue weighted by atomic mass is 35.5. The third kappa shape index (κ3) is 2.82. The normalized spacial score (nSPS) is 22.7. The first kappa shape index (κ1) is 14.1. The molecule has 1 amide bonds. The summed E-state index contributed by atoms with van der Waals surface area (Å²) in [5, 5.41) is 0. The Morgan fingerprint density at radius 1 is 1.32 bits per heavy atom. The Hall–Kier alpha value is -1.33. The molecule has 3 rings (SSSR count). The summed E-state index contributed by atoms with van der Waals surface area (Å²) in [5.74, 6) is 0.411. The monoisotopic (exact) mass is 282 g/mol. The molecule has 0 bridgehead atoms. The third-order valence-electron chi connectivity index (χ3n) is 3.86. The summed E-state index contributed by atoms with van der Waals surface area (Å²) in [6.45, 7) is 3.79. The van der Waals surface area contributed by atoms with E-state index in [1.807, 2.05) is 4.90 Å². The van der Waals surface area contributed by atoms with E-state index in [0.717, 1.165) is 19.6 Å². The number of aromatic nitrogens is 1. The topological polar surface area (TPSA) is 62.5 Å². The average Bonchev–Trinajstić information content (AvgIpc) is 2.85. The third-order valence-corrected chi connectivity index (χ3v) is 3.86. The molecule has 0 saturated carbocycles. The molecule has 0 aromatic carbocycles. The van der Waals surface area contributed by atoms with Gasteiger partial charge >= 0.3 is 0 Å². The zero-order valence-corrected chi connectivity index (χ0v) is 11.6. The van der Waals surface area contributed by atoms with Gasteiger partial charge in [-0.15, -0.1) is 12.4 Å². The predicted molar refractivity (Wildman–Crippen MR) is 76.4 cm³/mol. The van der Waals surface area contributed by atoms with Crippen molar-refractivity contribution in [1.82, 2.24) is 14.8 Å². The van der Waals surface area contributed by atoms with Gasteiger partial charge in [0.05, 0.1) is 0 Å². The Bertz CT molecular complexity index is 468. The molecule has 2 aliphatic heterocycles. The minimum absolute atomic E-state index is 0. The maximum absolute atomic E-state index is 12.3. The maximum atomic E-state index is 12.3. The summed E-state index contributed by atoms with van der Waals surface area (Å²) in [6.07, 6.45) is 2.46. The standard InChI is InChI=1S/C13H18N4O.ClH/c14-12-5-1-4-11(15-12)13(18)17-8-7-16-6-2-3-10(16)9-17;/h1,4-5,10H,2-3,6-9H2,(H2,14,15);1H. The lowest BCUT2D eigenvalue weighted by Crippen LogP contribution is -2.52. The number of nitrogens with two attached hydrogens (primary N) is 1. The van der Waals surface area contributed by atoms with Crippen molar-refractivity contribution in [3.8, 4) is 0 Å². The minimum atomic E-state index is 0. The molecule has 1 aromatic rings. The van der Waals surface area contributed by atoms with Crippen molar-refractivity contribution in [3.05, 3.63) is 23.9 Å². The smallest absolute Gasteiger partial charge is 0.272 e. The van der Waals surface area contributed by atoms with Gasteiger partial charge in [0.15, 0.2) is 0 Å². The molecule has 1 aromatic heterocycles. The fourth-order valence-electron chi connectivity index (χ4n) is 2.91. The van der Waals surface area contributed by atoms with Crippen molar-refractivity contribution in [2.24, 2.45) is 0 Å². The van der Waals surface area contributed by atoms with Crippen molar-refractivity contribution < 1.29 is 4.79 Å². The zero-order chi connectivity index (χ0) is 12.5. The van der Waals surface area contributed by atoms with Crippen LogP contribution in [0.5, 0.6) is 0 Å². The van der Waals surface area contributed by atoms with E-state index < -0.39 is 0 Å². The van der Waals surface area contributed by atoms with Crippen molar-refractivity contribution in [2.45, 2.75) is 18.9 Å². The second-order valence-corrected chi connectivity index (χ2v) is 5.03. The second kappa shape index (κ2) is 5.75. The van der Waals surface area contributed by atoms with Crippen LogP contribution in [-0.2, 0) is 0 Å². The molecule has 0 aliphatic carbocycles. The van der Waals surface area contributed by atoms with E-state index in [9.17, 15) is 4.79 Å². The molecular weight excluding hydrogens is 264 g/mol. The lowest BCUT2D eigenvalue weighted by atomic mass is 10.1. The average molecular weight is 283 g/mol. The molecule has 0 spiro atoms. The van der Waals surface area contributed by atoms with Crippen LogP contribution in [0.15, 0.2) is 18.2 Å². The summed E-state index contributed by atoms with van der Waals surface area (Å²) >= 11 is 0. The number of anilines is 1. The number of hydrogen-bond acceptors (Lipinski definition) is 4. The molecule has 1 unspecified atom stereocenters. The highest BCUT2D eigenvalue weighted by Gasteiger charge is 2.32. The van der Waals surface area contributed by atoms with E-state index in [0.29, 0.717) is 17.6 Å². The number of nitrogens with zero attached hydrogens (tertiary/aromatic N) is 3. The predicted octanol–water partition coefficient (Wildman–Crippen LogP) is 1.01. The molecule has 1 atom stereocenters. The number of halogens is 1. The second-order valence-electron chi connectivity index (χ2n) is 5.03. The number of rotatable bonds is 1. The van der Waals surface area contributed by atoms with Gasteiger partial charge in [-0.25, -0.2) is 4.98 Å². The molecule has 104 valence electrons. The van der Waals surface area contributed by atoms with Crippen LogP contribution in [0.2, 0.25) is 0 Å². The van der Waals surface area contributed by atoms with Gasteiger partial charge < -0.3 is 10.6 Å². The van der Waals surface area contributed by atoms with Crippen LogP contribution in [0.1, 0.15) is 23.3 Å². The Kier molecular flexibility index (Phi) is 4.27. The first-order chi connectivity index (χ1) is 8.74. The highest BCUT2D eigenvalue weighted by molar-refractivity contribution is 5.92. The van der Waals surface area contributed by atoms with Crippen LogP contribution in [-0.4, -0.2) is 52.9 Å². The van der Waals surface area contributed by atoms with Gasteiger partial charge in [0.1, 0.15) is 11.5 Å². The molecule has 5 nitrogen and oxygen atoms in total. The van der Waals surface area contributed by atoms with E-state index >= 15 is 0 Å². The number of amides is 1. The number of carbonyl (C=O) groups excluding carboxylic acids is 1. The van der Waals surface area contributed by atoms with Gasteiger partial charge in [-0.3, -0.25) is 9.69 Å². The molecule has 19 heavy (non-hydrogen) atoms. The molecule has 2 saturated heterocycles. The molecule has 3 heterocycles. The minimum Gasteiger partial charge on any atom is -0.384 e. The largest absolute Gasteiger partial charge is 0.384 e. The fourth-order valence-corrected chi connectivity index (χ4v) is 2.91. The van der Waals surface area contributed by atoms with Crippen molar-refractivity contribution in [2.75, 3.05) is 31.9 Å². The zero-order valence-electron chi connectivity index (χ0n) is 10.8. The SMILES string of the molecule is Cl.Nc1cccc(C(=O)N2CCN3CCCC3C2)n1. The number of carbonyl (C=O) groups is 1. The number of hydrogen-bond donors (Lipinski definition) is 1. The van der Waals surface area contributed by atoms with Crippen molar-refractivity contribution in [1.29, 1.82) is 0 Å². The van der Waals surface area contributed by atoms with Crippen molar-refractivity contribution in [3.63, 3.8) is 0 Å². The Labute approximate surface area is 119 Å². The summed E-state index contributed by atoms with van der Waals surface area (Å²) in [5.41, 5.74) is 6.08. The van der Waals surface area contributed by atoms with Gasteiger partial charge in [0.2, 0.25) is 0 Å². The van der Waals surface area contributed by atoms with E-state index in [1.54, 1.807) is 18.2 Å². The van der Waals surface area contributed by atoms with Gasteiger partial charge in [-0.2, -0.15) is 0 Å². The van der Waals surface area contributed by atoms with Gasteiger partial charge in [-0.05, 0) is 31.5 Å². The number of nitrogen functional groups attached to an aromatic ring is 1. The lowest BCUT2D eigenvalue weighted by Gasteiger charge is -2.37. The Morgan fingerprint density at radius 3 is 2.95 bits per heavy atom. The van der Waals surface area contributed by atoms with Crippen LogP contribution < -0.4 is 5.73 Å². The fraction of sp³-hybridized carbons (Fsp3) is 0.538. The summed E-state index contributed by atoms with van der Waals surface area (Å²) in [6, 6.07) is 5.76. The number of fused-ring (bicyclic) bond motifs is 1. The van der Waals surface area contributed by atoms with Gasteiger partial charge in [-0.1, -0.05) is 6.07 Å². The van der Waals surface area contributed by atoms with E-state index in [4.69, 9.17) is 5.73 Å². The van der Waals surface area contributed by atoms with E-state index in [-0.39, 0.29) is 18.3 Å². The molecule has 2 aliphatic rings. The summed E-state index contributed by atoms with van der Waals surface area (Å²) < 4.78 is 0. The van der Waals surface area contributed by atoms with E-state index in [2.05, 4.69) is 9.88 Å². The van der Waals surface area contributed by atoms with E-state index in [1.165, 1.54) is 19.4 Å². The lowest BCUT2D eigenvalue weighted by molar-refractivity contribution is 0.0566. The molecular formula is C13H19ClN4O. The van der Waals surface area contributed by atoms with Crippen LogP contribution in [0.3, 0.4) is 0 Å². The first-order valence-corrected chi connectivity index (χ1v) is 6.50. The quantitative estimate of drug-likeness (QED) is 0.835. The number of piperazine rings is 1. The van der Waals surface area contributed by atoms with Crippen molar-refractivity contribution >= 4 is 24.1 Å². The molecule has 0 radical (unpaired) electrons. The van der Waals surface area contributed by atoms with Crippen LogP contribution >= 0.6 is 12.4 Å². The molecule has 6 heteroatoms. The van der Waals surface area contributed by atoms with Crippen LogP contribution in [0.4, 0.5) is 5.82 Å². The summed E-state index contributed by atoms with van der Waals surface area (Å²) in [7, 11) is 0. The Morgan fingerprint density at radius 2 is 2.16 bits per heavy atom. The summed E-state index contributed by atoms with van der Waals surface area (Å²) in [4.78, 5) is 20.8. The molecule has 2 fully saturated rings.